The van der Waals surface area contributed by atoms with Gasteiger partial charge in [-0.3, -0.25) is 5.32 Å². The molecular weight excluding hydrogens is 286 g/mol. The molecule has 2 N–H and O–H groups in total. The van der Waals surface area contributed by atoms with E-state index in [0.29, 0.717) is 11.7 Å². The van der Waals surface area contributed by atoms with Crippen LogP contribution in [-0.4, -0.2) is 11.0 Å². The molecule has 0 unspecified atom stereocenters. The van der Waals surface area contributed by atoms with Gasteiger partial charge >= 0.3 is 6.03 Å². The van der Waals surface area contributed by atoms with E-state index in [-0.39, 0.29) is 6.03 Å². The number of anilines is 2. The molecule has 0 bridgehead atoms. The fourth-order valence-corrected chi connectivity index (χ4v) is 2.41. The number of nitrogens with one attached hydrogen (secondary N) is 2. The van der Waals surface area contributed by atoms with E-state index in [0.717, 1.165) is 28.1 Å². The lowest BCUT2D eigenvalue weighted by atomic mass is 10.0. The number of aryl methyl sites for hydroxylation is 1. The third kappa shape index (κ3) is 3.89. The number of rotatable bonds is 3. The number of amides is 2. The summed E-state index contributed by atoms with van der Waals surface area (Å²) >= 11 is 0. The van der Waals surface area contributed by atoms with E-state index in [4.69, 9.17) is 0 Å². The van der Waals surface area contributed by atoms with Gasteiger partial charge in [-0.1, -0.05) is 26.0 Å². The molecule has 0 fully saturated rings. The molecule has 1 aromatic heterocycles. The van der Waals surface area contributed by atoms with Crippen molar-refractivity contribution in [2.45, 2.75) is 47.5 Å². The van der Waals surface area contributed by atoms with Gasteiger partial charge in [0.1, 0.15) is 5.82 Å². The van der Waals surface area contributed by atoms with E-state index in [1.165, 1.54) is 5.56 Å². The Morgan fingerprint density at radius 2 is 1.52 bits per heavy atom. The predicted molar refractivity (Wildman–Crippen MR) is 96.4 cm³/mol. The van der Waals surface area contributed by atoms with Crippen LogP contribution in [0.2, 0.25) is 0 Å². The lowest BCUT2D eigenvalue weighted by molar-refractivity contribution is 0.262. The molecule has 0 saturated carbocycles. The van der Waals surface area contributed by atoms with Crippen molar-refractivity contribution in [2.24, 2.45) is 0 Å². The molecule has 0 aliphatic heterocycles. The van der Waals surface area contributed by atoms with Crippen LogP contribution in [0, 0.1) is 27.7 Å². The Hall–Kier alpha value is -2.36. The maximum absolute atomic E-state index is 12.2. The number of benzene rings is 1. The number of pyridine rings is 1. The fraction of sp³-hybridized carbons (Fsp3) is 0.368. The van der Waals surface area contributed by atoms with Gasteiger partial charge in [-0.2, -0.15) is 0 Å². The van der Waals surface area contributed by atoms with Crippen LogP contribution < -0.4 is 10.6 Å². The molecule has 0 saturated heterocycles. The summed E-state index contributed by atoms with van der Waals surface area (Å²) in [5.41, 5.74) is 6.28. The van der Waals surface area contributed by atoms with Gasteiger partial charge in [-0.25, -0.2) is 9.78 Å². The molecule has 23 heavy (non-hydrogen) atoms. The Kier molecular flexibility index (Phi) is 5.04. The SMILES string of the molecule is Cc1nc(NC(=O)Nc2ccc(C(C)C)cc2)c(C)c(C)c1C. The summed E-state index contributed by atoms with van der Waals surface area (Å²) in [7, 11) is 0. The first kappa shape index (κ1) is 17.0. The van der Waals surface area contributed by atoms with Gasteiger partial charge in [-0.15, -0.1) is 0 Å². The largest absolute Gasteiger partial charge is 0.324 e. The predicted octanol–water partition coefficient (Wildman–Crippen LogP) is 5.08. The van der Waals surface area contributed by atoms with Crippen molar-refractivity contribution in [1.82, 2.24) is 4.98 Å². The summed E-state index contributed by atoms with van der Waals surface area (Å²) in [6.07, 6.45) is 0. The number of carbonyl (C=O) groups excluding carboxylic acids is 1. The van der Waals surface area contributed by atoms with E-state index in [1.54, 1.807) is 0 Å². The zero-order chi connectivity index (χ0) is 17.1. The van der Waals surface area contributed by atoms with Crippen LogP contribution in [0.25, 0.3) is 0 Å². The highest BCUT2D eigenvalue weighted by molar-refractivity contribution is 5.99. The van der Waals surface area contributed by atoms with Gasteiger partial charge in [0, 0.05) is 11.4 Å². The second kappa shape index (κ2) is 6.82. The van der Waals surface area contributed by atoms with Gasteiger partial charge in [0.25, 0.3) is 0 Å². The van der Waals surface area contributed by atoms with Crippen molar-refractivity contribution < 1.29 is 4.79 Å². The van der Waals surface area contributed by atoms with Crippen LogP contribution >= 0.6 is 0 Å². The van der Waals surface area contributed by atoms with Crippen LogP contribution in [0.15, 0.2) is 24.3 Å². The van der Waals surface area contributed by atoms with Crippen molar-refractivity contribution in [3.63, 3.8) is 0 Å². The Balaban J connectivity index is 2.11. The minimum Gasteiger partial charge on any atom is -0.308 e. The standard InChI is InChI=1S/C19H25N3O/c1-11(2)16-7-9-17(10-8-16)21-19(23)22-18-14(5)12(3)13(4)15(6)20-18/h7-11H,1-6H3,(H2,20,21,22,23). The molecule has 0 spiro atoms. The van der Waals surface area contributed by atoms with Crippen LogP contribution in [0.5, 0.6) is 0 Å². The highest BCUT2D eigenvalue weighted by Gasteiger charge is 2.11. The first-order valence-electron chi connectivity index (χ1n) is 7.92. The molecule has 122 valence electrons. The summed E-state index contributed by atoms with van der Waals surface area (Å²) in [4.78, 5) is 16.7. The molecule has 2 aromatic rings. The summed E-state index contributed by atoms with van der Waals surface area (Å²) in [6, 6.07) is 7.62. The molecule has 1 heterocycles. The Morgan fingerprint density at radius 3 is 2.09 bits per heavy atom. The monoisotopic (exact) mass is 311 g/mol. The smallest absolute Gasteiger partial charge is 0.308 e. The summed E-state index contributed by atoms with van der Waals surface area (Å²) in [5, 5.41) is 5.69. The van der Waals surface area contributed by atoms with Crippen LogP contribution in [-0.2, 0) is 0 Å². The minimum absolute atomic E-state index is 0.277. The summed E-state index contributed by atoms with van der Waals surface area (Å²) in [6.45, 7) is 12.3. The summed E-state index contributed by atoms with van der Waals surface area (Å²) < 4.78 is 0. The molecule has 4 nitrogen and oxygen atoms in total. The topological polar surface area (TPSA) is 54.0 Å². The molecule has 0 aliphatic rings. The van der Waals surface area contributed by atoms with Gasteiger partial charge < -0.3 is 5.32 Å². The number of urea groups is 1. The van der Waals surface area contributed by atoms with Crippen molar-refractivity contribution in [3.05, 3.63) is 52.2 Å². The second-order valence-corrected chi connectivity index (χ2v) is 6.28. The van der Waals surface area contributed by atoms with E-state index in [2.05, 4.69) is 29.5 Å². The maximum Gasteiger partial charge on any atom is 0.324 e. The highest BCUT2D eigenvalue weighted by Crippen LogP contribution is 2.22. The zero-order valence-corrected chi connectivity index (χ0v) is 14.7. The molecular formula is C19H25N3O. The normalized spacial score (nSPS) is 10.7. The zero-order valence-electron chi connectivity index (χ0n) is 14.7. The molecule has 2 amide bonds. The average molecular weight is 311 g/mol. The molecule has 4 heteroatoms. The van der Waals surface area contributed by atoms with E-state index < -0.39 is 0 Å². The molecule has 0 atom stereocenters. The van der Waals surface area contributed by atoms with Crippen molar-refractivity contribution in [3.8, 4) is 0 Å². The number of carbonyl (C=O) groups is 1. The highest BCUT2D eigenvalue weighted by atomic mass is 16.2. The van der Waals surface area contributed by atoms with Gasteiger partial charge in [-0.05, 0) is 68.0 Å². The number of nitrogens with zero attached hydrogens (tertiary/aromatic N) is 1. The van der Waals surface area contributed by atoms with Gasteiger partial charge in [0.05, 0.1) is 0 Å². The molecule has 0 radical (unpaired) electrons. The lowest BCUT2D eigenvalue weighted by Gasteiger charge is -2.14. The Labute approximate surface area is 138 Å². The molecule has 2 rings (SSSR count). The first-order chi connectivity index (χ1) is 10.8. The quantitative estimate of drug-likeness (QED) is 0.830. The van der Waals surface area contributed by atoms with E-state index >= 15 is 0 Å². The van der Waals surface area contributed by atoms with Crippen molar-refractivity contribution in [2.75, 3.05) is 10.6 Å². The third-order valence-electron chi connectivity index (χ3n) is 4.37. The van der Waals surface area contributed by atoms with E-state index in [9.17, 15) is 4.79 Å². The second-order valence-electron chi connectivity index (χ2n) is 6.28. The summed E-state index contributed by atoms with van der Waals surface area (Å²) in [5.74, 6) is 1.09. The number of hydrogen-bond donors (Lipinski definition) is 2. The van der Waals surface area contributed by atoms with Crippen LogP contribution in [0.1, 0.15) is 47.7 Å². The maximum atomic E-state index is 12.2. The van der Waals surface area contributed by atoms with E-state index in [1.807, 2.05) is 52.0 Å². The number of aromatic nitrogens is 1. The van der Waals surface area contributed by atoms with Gasteiger partial charge in [0.15, 0.2) is 0 Å². The van der Waals surface area contributed by atoms with Crippen LogP contribution in [0.3, 0.4) is 0 Å². The van der Waals surface area contributed by atoms with Gasteiger partial charge in [0.2, 0.25) is 0 Å². The Bertz CT molecular complexity index is 718. The molecule has 1 aromatic carbocycles. The fourth-order valence-electron chi connectivity index (χ4n) is 2.41. The minimum atomic E-state index is -0.277. The van der Waals surface area contributed by atoms with Crippen molar-refractivity contribution in [1.29, 1.82) is 0 Å². The number of hydrogen-bond acceptors (Lipinski definition) is 2. The average Bonchev–Trinajstić information content (AvgIpc) is 2.51. The molecule has 0 aliphatic carbocycles. The van der Waals surface area contributed by atoms with Crippen LogP contribution in [0.4, 0.5) is 16.3 Å². The van der Waals surface area contributed by atoms with Crippen molar-refractivity contribution >= 4 is 17.5 Å². The Morgan fingerprint density at radius 1 is 0.913 bits per heavy atom. The lowest BCUT2D eigenvalue weighted by Crippen LogP contribution is -2.21. The third-order valence-corrected chi connectivity index (χ3v) is 4.37. The first-order valence-corrected chi connectivity index (χ1v) is 7.92.